The Morgan fingerprint density at radius 1 is 1.17 bits per heavy atom. The van der Waals surface area contributed by atoms with Crippen LogP contribution in [0.4, 0.5) is 0 Å². The van der Waals surface area contributed by atoms with Crippen molar-refractivity contribution in [1.82, 2.24) is 0 Å². The standard InChI is InChI=1S/C15H13BO2/c1-2-10-17-18-15-13-7-4-3-6-11(13)12-8-5-9-16-14(12)15/h2-9,15H,1,10H2. The number of fused-ring (bicyclic) bond motifs is 3. The average Bonchev–Trinajstić information content (AvgIpc) is 2.74. The molecule has 3 heteroatoms. The summed E-state index contributed by atoms with van der Waals surface area (Å²) in [5.74, 6) is 2.02. The molecule has 1 heterocycles. The molecule has 1 unspecified atom stereocenters. The summed E-state index contributed by atoms with van der Waals surface area (Å²) in [6.45, 7) is 6.08. The third-order valence-corrected chi connectivity index (χ3v) is 3.13. The molecule has 2 aromatic rings. The van der Waals surface area contributed by atoms with Gasteiger partial charge in [-0.2, -0.15) is 0 Å². The number of hydrogen-bond acceptors (Lipinski definition) is 2. The second-order valence-corrected chi connectivity index (χ2v) is 4.22. The SMILES string of the molecule is C=CCOOC1c2bcccc2-c2ccccc21. The van der Waals surface area contributed by atoms with Gasteiger partial charge in [0.25, 0.3) is 0 Å². The van der Waals surface area contributed by atoms with Crippen molar-refractivity contribution in [2.24, 2.45) is 0 Å². The maximum atomic E-state index is 5.53. The molecule has 0 radical (unpaired) electrons. The van der Waals surface area contributed by atoms with Gasteiger partial charge in [-0.3, -0.25) is 0 Å². The maximum absolute atomic E-state index is 5.53. The molecule has 1 aromatic carbocycles. The van der Waals surface area contributed by atoms with Crippen LogP contribution in [0.25, 0.3) is 11.1 Å². The first kappa shape index (κ1) is 11.4. The Bertz CT molecular complexity index is 535. The van der Waals surface area contributed by atoms with Gasteiger partial charge in [0.2, 0.25) is 0 Å². The molecular weight excluding hydrogens is 223 g/mol. The molecule has 1 atom stereocenters. The number of hydrogen-bond donors (Lipinski definition) is 0. The van der Waals surface area contributed by atoms with Crippen LogP contribution in [0, 0.1) is 0 Å². The van der Waals surface area contributed by atoms with Crippen LogP contribution < -0.4 is 0 Å². The van der Waals surface area contributed by atoms with Gasteiger partial charge in [0.1, 0.15) is 0 Å². The van der Waals surface area contributed by atoms with Gasteiger partial charge in [-0.25, -0.2) is 0 Å². The first-order valence-corrected chi connectivity index (χ1v) is 5.99. The van der Waals surface area contributed by atoms with E-state index in [2.05, 4.69) is 31.7 Å². The Morgan fingerprint density at radius 3 is 2.89 bits per heavy atom. The summed E-state index contributed by atoms with van der Waals surface area (Å²) < 4.78 is 0. The first-order valence-electron chi connectivity index (χ1n) is 5.99. The van der Waals surface area contributed by atoms with E-state index in [9.17, 15) is 0 Å². The van der Waals surface area contributed by atoms with Gasteiger partial charge < -0.3 is 0 Å². The minimum absolute atomic E-state index is 0.141. The Labute approximate surface area is 107 Å². The van der Waals surface area contributed by atoms with E-state index < -0.39 is 0 Å². The van der Waals surface area contributed by atoms with Crippen molar-refractivity contribution in [3.8, 4) is 11.1 Å². The van der Waals surface area contributed by atoms with Gasteiger partial charge in [-0.15, -0.1) is 0 Å². The zero-order chi connectivity index (χ0) is 12.4. The molecule has 88 valence electrons. The molecule has 18 heavy (non-hydrogen) atoms. The molecule has 0 bridgehead atoms. The van der Waals surface area contributed by atoms with Gasteiger partial charge in [0.15, 0.2) is 0 Å². The fraction of sp³-hybridized carbons (Fsp3) is 0.133. The topological polar surface area (TPSA) is 18.5 Å². The molecule has 0 amide bonds. The van der Waals surface area contributed by atoms with Crippen molar-refractivity contribution >= 4 is 6.91 Å². The molecule has 3 rings (SSSR count). The van der Waals surface area contributed by atoms with Crippen molar-refractivity contribution < 1.29 is 9.78 Å². The van der Waals surface area contributed by atoms with E-state index in [1.165, 1.54) is 11.1 Å². The van der Waals surface area contributed by atoms with E-state index >= 15 is 0 Å². The Kier molecular flexibility index (Phi) is 3.09. The van der Waals surface area contributed by atoms with Gasteiger partial charge in [-0.1, -0.05) is 0 Å². The van der Waals surface area contributed by atoms with E-state index in [0.29, 0.717) is 6.61 Å². The molecule has 0 spiro atoms. The van der Waals surface area contributed by atoms with Crippen LogP contribution in [0.1, 0.15) is 17.1 Å². The van der Waals surface area contributed by atoms with Gasteiger partial charge in [0, 0.05) is 0 Å². The zero-order valence-corrected chi connectivity index (χ0v) is 10.0. The molecule has 1 aliphatic carbocycles. The summed E-state index contributed by atoms with van der Waals surface area (Å²) in [6.07, 6.45) is 1.53. The van der Waals surface area contributed by atoms with E-state index in [-0.39, 0.29) is 6.10 Å². The van der Waals surface area contributed by atoms with Crippen LogP contribution in [0.3, 0.4) is 0 Å². The molecule has 0 fully saturated rings. The molecule has 0 N–H and O–H groups in total. The molecule has 2 nitrogen and oxygen atoms in total. The van der Waals surface area contributed by atoms with E-state index in [4.69, 9.17) is 9.78 Å². The van der Waals surface area contributed by atoms with Crippen LogP contribution in [-0.2, 0) is 9.78 Å². The van der Waals surface area contributed by atoms with Crippen molar-refractivity contribution in [3.63, 3.8) is 0 Å². The summed E-state index contributed by atoms with van der Waals surface area (Å²) in [4.78, 5) is 10.7. The van der Waals surface area contributed by atoms with Crippen LogP contribution in [0.15, 0.2) is 55.0 Å². The number of rotatable bonds is 4. The zero-order valence-electron chi connectivity index (χ0n) is 10.0. The normalized spacial score (nSPS) is 15.9. The quantitative estimate of drug-likeness (QED) is 0.351. The summed E-state index contributed by atoms with van der Waals surface area (Å²) in [5.41, 5.74) is 4.76. The second kappa shape index (κ2) is 4.88. The van der Waals surface area contributed by atoms with Crippen molar-refractivity contribution in [3.05, 3.63) is 66.0 Å². The third-order valence-electron chi connectivity index (χ3n) is 3.13. The third kappa shape index (κ3) is 1.82. The average molecular weight is 236 g/mol. The summed E-state index contributed by atoms with van der Waals surface area (Å²) in [6, 6.07) is 12.4. The monoisotopic (exact) mass is 236 g/mol. The molecule has 0 saturated heterocycles. The van der Waals surface area contributed by atoms with Crippen molar-refractivity contribution in [2.75, 3.05) is 6.61 Å². The summed E-state index contributed by atoms with van der Waals surface area (Å²) in [5, 5.41) is 0. The second-order valence-electron chi connectivity index (χ2n) is 4.22. The van der Waals surface area contributed by atoms with Crippen LogP contribution in [0.2, 0.25) is 0 Å². The van der Waals surface area contributed by atoms with E-state index in [1.54, 1.807) is 6.08 Å². The summed E-state index contributed by atoms with van der Waals surface area (Å²) in [7, 11) is 0. The fourth-order valence-corrected chi connectivity index (χ4v) is 2.37. The van der Waals surface area contributed by atoms with E-state index in [0.717, 1.165) is 11.0 Å². The van der Waals surface area contributed by atoms with Gasteiger partial charge in [-0.05, 0) is 0 Å². The molecule has 0 saturated carbocycles. The molecule has 0 aliphatic heterocycles. The summed E-state index contributed by atoms with van der Waals surface area (Å²) >= 11 is 0. The molecular formula is C15H13BO2. The number of benzene rings is 1. The first-order chi connectivity index (χ1) is 8.92. The molecule has 1 aromatic heterocycles. The Balaban J connectivity index is 2.01. The minimum atomic E-state index is -0.141. The predicted octanol–water partition coefficient (Wildman–Crippen LogP) is 3.23. The Morgan fingerprint density at radius 2 is 2.00 bits per heavy atom. The van der Waals surface area contributed by atoms with Crippen LogP contribution in [-0.4, -0.2) is 13.5 Å². The van der Waals surface area contributed by atoms with Crippen molar-refractivity contribution in [2.45, 2.75) is 6.10 Å². The van der Waals surface area contributed by atoms with E-state index in [1.807, 2.05) is 24.2 Å². The van der Waals surface area contributed by atoms with Crippen LogP contribution in [0.5, 0.6) is 0 Å². The van der Waals surface area contributed by atoms with Crippen LogP contribution >= 0.6 is 0 Å². The fourth-order valence-electron chi connectivity index (χ4n) is 2.37. The predicted molar refractivity (Wildman–Crippen MR) is 72.3 cm³/mol. The molecule has 1 aliphatic rings. The van der Waals surface area contributed by atoms with Gasteiger partial charge >= 0.3 is 107 Å². The van der Waals surface area contributed by atoms with Gasteiger partial charge in [0.05, 0.1) is 0 Å². The Hall–Kier alpha value is -1.71. The van der Waals surface area contributed by atoms with Crippen molar-refractivity contribution in [1.29, 1.82) is 0 Å².